The van der Waals surface area contributed by atoms with Gasteiger partial charge in [-0.1, -0.05) is 326 Å². The smallest absolute Gasteiger partial charge is 0.462 e. The summed E-state index contributed by atoms with van der Waals surface area (Å²) in [4.78, 5) is 36.0. The van der Waals surface area contributed by atoms with Crippen LogP contribution in [0.3, 0.4) is 0 Å². The molecule has 0 rings (SSSR count). The lowest BCUT2D eigenvalue weighted by Crippen LogP contribution is -2.37. The van der Waals surface area contributed by atoms with Crippen LogP contribution in [0.15, 0.2) is 158 Å². The molecule has 2 unspecified atom stereocenters. The molecule has 0 aliphatic rings. The molecule has 0 saturated carbocycles. The van der Waals surface area contributed by atoms with E-state index in [1.165, 1.54) is 154 Å². The Labute approximate surface area is 579 Å². The summed E-state index contributed by atoms with van der Waals surface area (Å²) >= 11 is 0. The van der Waals surface area contributed by atoms with E-state index in [0.717, 1.165) is 122 Å². The SMILES string of the molecule is CC/C=C\C/C=C\C/C=C\C/C=C\C/C=C\C/C=C\C/C=C\C/C=C\C/C=C\C/C=C\CCCCCCCCCCC(=O)OC(COC(=O)CCCCCCCCCCCCCCCCCC/C=C\C/C=C\C/C=C\CCCCCCC)COP(=O)(O)OCC[N+](C)(C)C. The number of carbonyl (C=O) groups is 2. The van der Waals surface area contributed by atoms with E-state index in [4.69, 9.17) is 18.5 Å². The van der Waals surface area contributed by atoms with E-state index < -0.39 is 26.5 Å². The van der Waals surface area contributed by atoms with Gasteiger partial charge in [0.05, 0.1) is 27.7 Å². The molecule has 0 radical (unpaired) electrons. The van der Waals surface area contributed by atoms with Crippen LogP contribution in [0.4, 0.5) is 0 Å². The van der Waals surface area contributed by atoms with E-state index in [1.807, 2.05) is 21.1 Å². The molecule has 0 aliphatic carbocycles. The first-order valence-corrected chi connectivity index (χ1v) is 39.7. The number of ether oxygens (including phenoxy) is 2. The Hall–Kier alpha value is -4.37. The normalized spacial score (nSPS) is 14.0. The third kappa shape index (κ3) is 76.6. The van der Waals surface area contributed by atoms with Crippen molar-refractivity contribution in [2.75, 3.05) is 47.5 Å². The van der Waals surface area contributed by atoms with Crippen LogP contribution in [0.25, 0.3) is 0 Å². The number of nitrogens with zero attached hydrogens (tertiary/aromatic N) is 1. The molecule has 94 heavy (non-hydrogen) atoms. The summed E-state index contributed by atoms with van der Waals surface area (Å²) in [5.41, 5.74) is 0. The average Bonchev–Trinajstić information content (AvgIpc) is 1.56. The van der Waals surface area contributed by atoms with Crippen molar-refractivity contribution in [3.63, 3.8) is 0 Å². The van der Waals surface area contributed by atoms with Crippen molar-refractivity contribution < 1.29 is 42.1 Å². The van der Waals surface area contributed by atoms with Crippen molar-refractivity contribution >= 4 is 19.8 Å². The van der Waals surface area contributed by atoms with E-state index in [-0.39, 0.29) is 32.0 Å². The standard InChI is InChI=1S/C84H142NO8P/c1-6-8-10-12-14-16-18-20-22-24-26-28-30-32-34-36-38-39-40-41-42-43-44-45-47-49-51-53-55-57-59-61-63-65-67-69-71-73-75-77-84(87)93-82(81-92-94(88,89)91-79-78-85(3,4)5)80-90-83(86)76-74-72-70-68-66-64-62-60-58-56-54-52-50-48-46-37-35-33-31-29-27-25-23-21-19-17-15-13-11-9-7-2/h8,10,14,16,19-22,25-28,31-34,38-39,41-42,44-45,49,51,55,57,82H,6-7,9,11-13,15,17-18,23-24,29-30,35-37,40,43,46-48,50,52-54,56,58-81H2,1-5H3/p+1/b10-8-,16-14-,21-19-,22-20-,27-25-,28-26-,33-31-,34-32-,39-38-,42-41-,45-44-,51-49-,57-55-. The zero-order valence-corrected chi connectivity index (χ0v) is 62.0. The first-order chi connectivity index (χ1) is 46.0. The Balaban J connectivity index is 4.09. The van der Waals surface area contributed by atoms with Crippen molar-refractivity contribution in [3.05, 3.63) is 158 Å². The van der Waals surface area contributed by atoms with Crippen molar-refractivity contribution in [3.8, 4) is 0 Å². The molecular formula is C84H143NO8P+. The summed E-state index contributed by atoms with van der Waals surface area (Å²) in [5, 5.41) is 0. The number of hydrogen-bond donors (Lipinski definition) is 1. The fourth-order valence-electron chi connectivity index (χ4n) is 10.2. The first kappa shape index (κ1) is 89.6. The lowest BCUT2D eigenvalue weighted by Gasteiger charge is -2.24. The Morgan fingerprint density at radius 1 is 0.340 bits per heavy atom. The molecule has 9 nitrogen and oxygen atoms in total. The van der Waals surface area contributed by atoms with E-state index in [2.05, 4.69) is 172 Å². The van der Waals surface area contributed by atoms with Gasteiger partial charge >= 0.3 is 19.8 Å². The molecule has 0 fully saturated rings. The van der Waals surface area contributed by atoms with Crippen molar-refractivity contribution in [2.45, 2.75) is 315 Å². The maximum absolute atomic E-state index is 12.9. The number of quaternary nitrogens is 1. The summed E-state index contributed by atoms with van der Waals surface area (Å²) in [7, 11) is 1.46. The number of rotatable bonds is 69. The van der Waals surface area contributed by atoms with Crippen LogP contribution in [0.5, 0.6) is 0 Å². The quantitative estimate of drug-likeness (QED) is 0.0211. The summed E-state index contributed by atoms with van der Waals surface area (Å²) in [6.45, 7) is 4.31. The molecule has 0 heterocycles. The Morgan fingerprint density at radius 2 is 0.606 bits per heavy atom. The van der Waals surface area contributed by atoms with Crippen LogP contribution >= 0.6 is 7.82 Å². The second kappa shape index (κ2) is 72.9. The van der Waals surface area contributed by atoms with Gasteiger partial charge in [-0.05, 0) is 128 Å². The predicted octanol–water partition coefficient (Wildman–Crippen LogP) is 25.5. The average molecular weight is 1330 g/mol. The number of phosphoric acid groups is 1. The summed E-state index contributed by atoms with van der Waals surface area (Å²) in [6, 6.07) is 0. The minimum Gasteiger partial charge on any atom is -0.462 e. The molecule has 2 atom stereocenters. The Morgan fingerprint density at radius 3 is 0.904 bits per heavy atom. The zero-order chi connectivity index (χ0) is 68.3. The van der Waals surface area contributed by atoms with Gasteiger partial charge in [0.1, 0.15) is 19.8 Å². The van der Waals surface area contributed by atoms with Gasteiger partial charge in [0.2, 0.25) is 0 Å². The second-order valence-electron chi connectivity index (χ2n) is 26.3. The predicted molar refractivity (Wildman–Crippen MR) is 408 cm³/mol. The van der Waals surface area contributed by atoms with E-state index in [9.17, 15) is 19.0 Å². The molecule has 0 aliphatic heterocycles. The lowest BCUT2D eigenvalue weighted by atomic mass is 10.0. The Bertz CT molecular complexity index is 2150. The second-order valence-corrected chi connectivity index (χ2v) is 27.8. The fourth-order valence-corrected chi connectivity index (χ4v) is 11.0. The van der Waals surface area contributed by atoms with Crippen molar-refractivity contribution in [1.82, 2.24) is 0 Å². The third-order valence-corrected chi connectivity index (χ3v) is 17.0. The number of esters is 2. The lowest BCUT2D eigenvalue weighted by molar-refractivity contribution is -0.870. The molecular weight excluding hydrogens is 1180 g/mol. The molecule has 0 aromatic rings. The van der Waals surface area contributed by atoms with Gasteiger partial charge in [0, 0.05) is 12.8 Å². The number of unbranched alkanes of at least 4 members (excludes halogenated alkanes) is 29. The number of likely N-dealkylation sites (N-methyl/N-ethyl adjacent to an activating group) is 1. The van der Waals surface area contributed by atoms with E-state index in [1.54, 1.807) is 0 Å². The highest BCUT2D eigenvalue weighted by atomic mass is 31.2. The molecule has 0 bridgehead atoms. The number of phosphoric ester groups is 1. The summed E-state index contributed by atoms with van der Waals surface area (Å²) < 4.78 is 34.8. The number of allylic oxidation sites excluding steroid dienone is 26. The van der Waals surface area contributed by atoms with Gasteiger partial charge in [-0.15, -0.1) is 0 Å². The molecule has 536 valence electrons. The highest BCUT2D eigenvalue weighted by Crippen LogP contribution is 2.43. The van der Waals surface area contributed by atoms with Crippen LogP contribution < -0.4 is 0 Å². The van der Waals surface area contributed by atoms with E-state index >= 15 is 0 Å². The molecule has 0 spiro atoms. The third-order valence-electron chi connectivity index (χ3n) is 16.0. The molecule has 0 amide bonds. The summed E-state index contributed by atoms with van der Waals surface area (Å²) in [6.07, 6.45) is 109. The molecule has 0 aromatic heterocycles. The van der Waals surface area contributed by atoms with Gasteiger partial charge < -0.3 is 18.9 Å². The fraction of sp³-hybridized carbons (Fsp3) is 0.667. The van der Waals surface area contributed by atoms with E-state index in [0.29, 0.717) is 17.4 Å². The van der Waals surface area contributed by atoms with Crippen molar-refractivity contribution in [2.24, 2.45) is 0 Å². The highest BCUT2D eigenvalue weighted by molar-refractivity contribution is 7.47. The number of carbonyl (C=O) groups excluding carboxylic acids is 2. The van der Waals surface area contributed by atoms with Crippen LogP contribution in [0.2, 0.25) is 0 Å². The Kier molecular flexibility index (Phi) is 69.5. The van der Waals surface area contributed by atoms with Gasteiger partial charge in [-0.25, -0.2) is 4.57 Å². The monoisotopic (exact) mass is 1330 g/mol. The van der Waals surface area contributed by atoms with Gasteiger partial charge in [-0.2, -0.15) is 0 Å². The maximum Gasteiger partial charge on any atom is 0.472 e. The highest BCUT2D eigenvalue weighted by Gasteiger charge is 2.27. The van der Waals surface area contributed by atoms with Crippen LogP contribution in [0, 0.1) is 0 Å². The molecule has 1 N–H and O–H groups in total. The molecule has 0 saturated heterocycles. The molecule has 10 heteroatoms. The number of hydrogen-bond acceptors (Lipinski definition) is 7. The van der Waals surface area contributed by atoms with Gasteiger partial charge in [0.25, 0.3) is 0 Å². The van der Waals surface area contributed by atoms with Crippen LogP contribution in [0.1, 0.15) is 309 Å². The largest absolute Gasteiger partial charge is 0.472 e. The maximum atomic E-state index is 12.9. The summed E-state index contributed by atoms with van der Waals surface area (Å²) in [5.74, 6) is -0.808. The molecule has 0 aromatic carbocycles. The van der Waals surface area contributed by atoms with Gasteiger partial charge in [0.15, 0.2) is 6.10 Å². The minimum atomic E-state index is -4.41. The van der Waals surface area contributed by atoms with Gasteiger partial charge in [-0.3, -0.25) is 18.6 Å². The van der Waals surface area contributed by atoms with Crippen molar-refractivity contribution in [1.29, 1.82) is 0 Å². The topological polar surface area (TPSA) is 108 Å². The van der Waals surface area contributed by atoms with Crippen LogP contribution in [-0.4, -0.2) is 74.9 Å². The zero-order valence-electron chi connectivity index (χ0n) is 61.1. The minimum absolute atomic E-state index is 0.0233. The first-order valence-electron chi connectivity index (χ1n) is 38.2. The van der Waals surface area contributed by atoms with Crippen LogP contribution in [-0.2, 0) is 32.7 Å².